The lowest BCUT2D eigenvalue weighted by Gasteiger charge is -2.28. The minimum absolute atomic E-state index is 0.144. The summed E-state index contributed by atoms with van der Waals surface area (Å²) in [6.45, 7) is 5.41. The van der Waals surface area contributed by atoms with Crippen molar-refractivity contribution in [3.63, 3.8) is 0 Å². The van der Waals surface area contributed by atoms with Crippen LogP contribution in [0, 0.1) is 0 Å². The Morgan fingerprint density at radius 2 is 2.07 bits per heavy atom. The minimum atomic E-state index is -0.182. The fourth-order valence-corrected chi connectivity index (χ4v) is 4.82. The van der Waals surface area contributed by atoms with Crippen molar-refractivity contribution in [2.75, 3.05) is 26.2 Å². The summed E-state index contributed by atoms with van der Waals surface area (Å²) < 4.78 is 0. The Bertz CT molecular complexity index is 1040. The summed E-state index contributed by atoms with van der Waals surface area (Å²) in [6.07, 6.45) is 2.41. The van der Waals surface area contributed by atoms with Gasteiger partial charge in [-0.2, -0.15) is 0 Å². The third kappa shape index (κ3) is 4.55. The number of rotatable bonds is 7. The molecule has 4 rings (SSSR count). The molecule has 1 aliphatic heterocycles. The van der Waals surface area contributed by atoms with Crippen molar-refractivity contribution in [3.05, 3.63) is 62.8 Å². The minimum Gasteiger partial charge on any atom is -0.336 e. The number of hydrogen-bond donors (Lipinski definition) is 2. The number of likely N-dealkylation sites (tertiary alicyclic amines) is 1. The number of hydrogen-bond acceptors (Lipinski definition) is 5. The predicted octanol–water partition coefficient (Wildman–Crippen LogP) is 3.35. The number of nitrogens with zero attached hydrogens (tertiary/aromatic N) is 3. The molecule has 3 aromatic rings. The molecule has 0 spiro atoms. The molecule has 1 unspecified atom stereocenters. The van der Waals surface area contributed by atoms with Crippen LogP contribution in [-0.2, 0) is 6.54 Å². The first-order valence-corrected chi connectivity index (χ1v) is 11.3. The van der Waals surface area contributed by atoms with Crippen LogP contribution in [0.3, 0.4) is 0 Å². The van der Waals surface area contributed by atoms with E-state index < -0.39 is 0 Å². The molecule has 0 bridgehead atoms. The molecule has 1 aliphatic rings. The molecule has 0 saturated carbocycles. The fraction of sp³-hybridized carbons (Fsp3) is 0.409. The number of nitrogens with one attached hydrogen (secondary N) is 2. The number of H-pyrrole nitrogens is 1. The van der Waals surface area contributed by atoms with Crippen molar-refractivity contribution in [1.29, 1.82) is 0 Å². The predicted molar refractivity (Wildman–Crippen MR) is 120 cm³/mol. The summed E-state index contributed by atoms with van der Waals surface area (Å²) in [4.78, 5) is 37.9. The molecule has 1 saturated heterocycles. The zero-order chi connectivity index (χ0) is 20.9. The summed E-state index contributed by atoms with van der Waals surface area (Å²) in [6, 6.07) is 11.5. The average Bonchev–Trinajstić information content (AvgIpc) is 3.47. The molecule has 1 aromatic carbocycles. The summed E-state index contributed by atoms with van der Waals surface area (Å²) in [7, 11) is 0. The van der Waals surface area contributed by atoms with Crippen LogP contribution in [-0.4, -0.2) is 52.0 Å². The number of aromatic amines is 1. The number of urea groups is 1. The van der Waals surface area contributed by atoms with Crippen LogP contribution in [0.5, 0.6) is 0 Å². The first-order chi connectivity index (χ1) is 14.7. The highest BCUT2D eigenvalue weighted by molar-refractivity contribution is 7.10. The first kappa shape index (κ1) is 20.6. The highest BCUT2D eigenvalue weighted by atomic mass is 32.1. The van der Waals surface area contributed by atoms with Crippen LogP contribution in [0.2, 0.25) is 0 Å². The Labute approximate surface area is 179 Å². The second kappa shape index (κ2) is 9.40. The van der Waals surface area contributed by atoms with E-state index in [0.29, 0.717) is 29.8 Å². The van der Waals surface area contributed by atoms with Gasteiger partial charge in [-0.05, 0) is 56.4 Å². The smallest absolute Gasteiger partial charge is 0.317 e. The first-order valence-electron chi connectivity index (χ1n) is 10.4. The highest BCUT2D eigenvalue weighted by Gasteiger charge is 2.25. The molecule has 2 amide bonds. The molecule has 8 heteroatoms. The molecule has 1 fully saturated rings. The van der Waals surface area contributed by atoms with Crippen molar-refractivity contribution < 1.29 is 4.79 Å². The molecule has 2 N–H and O–H groups in total. The van der Waals surface area contributed by atoms with Gasteiger partial charge in [-0.3, -0.25) is 9.69 Å². The topological polar surface area (TPSA) is 81.3 Å². The lowest BCUT2D eigenvalue weighted by Crippen LogP contribution is -2.43. The normalized spacial score (nSPS) is 15.4. The number of carbonyl (C=O) groups is 1. The molecule has 0 aliphatic carbocycles. The molecule has 2 aromatic heterocycles. The maximum Gasteiger partial charge on any atom is 0.317 e. The molecular weight excluding hydrogens is 398 g/mol. The van der Waals surface area contributed by atoms with Gasteiger partial charge in [0.25, 0.3) is 5.56 Å². The number of amides is 2. The molecule has 0 radical (unpaired) electrons. The SMILES string of the molecule is CCN(Cc1nc2ccccc2c(=O)[nH]1)C(=O)NCC(c1cccs1)N1CCCC1. The van der Waals surface area contributed by atoms with Crippen LogP contribution in [0.4, 0.5) is 4.79 Å². The van der Waals surface area contributed by atoms with Crippen LogP contribution >= 0.6 is 11.3 Å². The van der Waals surface area contributed by atoms with E-state index in [0.717, 1.165) is 13.1 Å². The van der Waals surface area contributed by atoms with Crippen molar-refractivity contribution in [2.24, 2.45) is 0 Å². The van der Waals surface area contributed by atoms with E-state index in [1.54, 1.807) is 22.3 Å². The maximum atomic E-state index is 12.9. The standard InChI is InChI=1S/C22H27N5O2S/c1-2-26(15-20-24-17-9-4-3-8-16(17)21(28)25-20)22(29)23-14-18(19-10-7-13-30-19)27-11-5-6-12-27/h3-4,7-10,13,18H,2,5-6,11-12,14-15H2,1H3,(H,23,29)(H,24,25,28). The third-order valence-electron chi connectivity index (χ3n) is 5.57. The zero-order valence-corrected chi connectivity index (χ0v) is 18.0. The number of benzene rings is 1. The lowest BCUT2D eigenvalue weighted by molar-refractivity contribution is 0.187. The lowest BCUT2D eigenvalue weighted by atomic mass is 10.2. The number of fused-ring (bicyclic) bond motifs is 1. The van der Waals surface area contributed by atoms with Crippen molar-refractivity contribution >= 4 is 28.3 Å². The van der Waals surface area contributed by atoms with Gasteiger partial charge in [-0.1, -0.05) is 18.2 Å². The van der Waals surface area contributed by atoms with Gasteiger partial charge in [0.05, 0.1) is 23.5 Å². The molecular formula is C22H27N5O2S. The van der Waals surface area contributed by atoms with Crippen molar-refractivity contribution in [1.82, 2.24) is 25.1 Å². The van der Waals surface area contributed by atoms with Crippen LogP contribution in [0.15, 0.2) is 46.6 Å². The van der Waals surface area contributed by atoms with Crippen LogP contribution < -0.4 is 10.9 Å². The van der Waals surface area contributed by atoms with Crippen LogP contribution in [0.25, 0.3) is 10.9 Å². The largest absolute Gasteiger partial charge is 0.336 e. The van der Waals surface area contributed by atoms with Gasteiger partial charge in [0.1, 0.15) is 5.82 Å². The molecule has 1 atom stereocenters. The monoisotopic (exact) mass is 425 g/mol. The number of thiophene rings is 1. The summed E-state index contributed by atoms with van der Waals surface area (Å²) in [5.41, 5.74) is 0.457. The Kier molecular flexibility index (Phi) is 6.44. The van der Waals surface area contributed by atoms with Gasteiger partial charge in [-0.25, -0.2) is 9.78 Å². The number of para-hydroxylation sites is 1. The number of aromatic nitrogens is 2. The zero-order valence-electron chi connectivity index (χ0n) is 17.1. The molecule has 158 valence electrons. The van der Waals surface area contributed by atoms with Crippen molar-refractivity contribution in [3.8, 4) is 0 Å². The third-order valence-corrected chi connectivity index (χ3v) is 6.54. The van der Waals surface area contributed by atoms with Crippen LogP contribution in [0.1, 0.15) is 36.5 Å². The quantitative estimate of drug-likeness (QED) is 0.608. The van der Waals surface area contributed by atoms with Gasteiger partial charge < -0.3 is 15.2 Å². The maximum absolute atomic E-state index is 12.9. The van der Waals surface area contributed by atoms with Gasteiger partial charge in [0.2, 0.25) is 0 Å². The highest BCUT2D eigenvalue weighted by Crippen LogP contribution is 2.27. The Balaban J connectivity index is 1.44. The Hall–Kier alpha value is -2.71. The van der Waals surface area contributed by atoms with Gasteiger partial charge in [0, 0.05) is 18.0 Å². The summed E-state index contributed by atoms with van der Waals surface area (Å²) >= 11 is 1.73. The van der Waals surface area contributed by atoms with E-state index >= 15 is 0 Å². The van der Waals surface area contributed by atoms with E-state index in [-0.39, 0.29) is 24.2 Å². The molecule has 30 heavy (non-hydrogen) atoms. The van der Waals surface area contributed by atoms with Crippen molar-refractivity contribution in [2.45, 2.75) is 32.4 Å². The average molecular weight is 426 g/mol. The van der Waals surface area contributed by atoms with E-state index in [9.17, 15) is 9.59 Å². The van der Waals surface area contributed by atoms with Gasteiger partial charge in [-0.15, -0.1) is 11.3 Å². The van der Waals surface area contributed by atoms with E-state index in [1.807, 2.05) is 25.1 Å². The van der Waals surface area contributed by atoms with Gasteiger partial charge in [0.15, 0.2) is 0 Å². The molecule has 3 heterocycles. The van der Waals surface area contributed by atoms with Gasteiger partial charge >= 0.3 is 6.03 Å². The van der Waals surface area contributed by atoms with E-state index in [1.165, 1.54) is 17.7 Å². The summed E-state index contributed by atoms with van der Waals surface area (Å²) in [5, 5.41) is 5.74. The molecule has 7 nitrogen and oxygen atoms in total. The van der Waals surface area contributed by atoms with E-state index in [2.05, 4.69) is 37.7 Å². The fourth-order valence-electron chi connectivity index (χ4n) is 3.96. The Morgan fingerprint density at radius 3 is 2.80 bits per heavy atom. The second-order valence-electron chi connectivity index (χ2n) is 7.50. The van der Waals surface area contributed by atoms with E-state index in [4.69, 9.17) is 0 Å². The second-order valence-corrected chi connectivity index (χ2v) is 8.48. The Morgan fingerprint density at radius 1 is 1.27 bits per heavy atom. The number of carbonyl (C=O) groups excluding carboxylic acids is 1. The summed E-state index contributed by atoms with van der Waals surface area (Å²) in [5.74, 6) is 0.491.